The second-order valence-electron chi connectivity index (χ2n) is 6.71. The Morgan fingerprint density at radius 2 is 1.46 bits per heavy atom. The van der Waals surface area contributed by atoms with E-state index in [1.165, 1.54) is 38.5 Å². The van der Waals surface area contributed by atoms with Gasteiger partial charge in [-0.25, -0.2) is 0 Å². The van der Waals surface area contributed by atoms with Crippen LogP contribution in [0.2, 0.25) is 0 Å². The van der Waals surface area contributed by atoms with E-state index < -0.39 is 12.0 Å². The summed E-state index contributed by atoms with van der Waals surface area (Å²) in [7, 11) is 0. The van der Waals surface area contributed by atoms with Crippen molar-refractivity contribution in [2.24, 2.45) is 0 Å². The van der Waals surface area contributed by atoms with Gasteiger partial charge in [0.2, 0.25) is 5.91 Å². The Bertz CT molecular complexity index is 493. The topological polar surface area (TPSA) is 69.2 Å². The molecule has 0 radical (unpaired) electrons. The Hall–Kier alpha value is -0.840. The molecule has 140 valence electrons. The fourth-order valence-corrected chi connectivity index (χ4v) is 2.91. The van der Waals surface area contributed by atoms with Gasteiger partial charge in [0, 0.05) is 6.42 Å². The smallest absolute Gasteiger partial charge is 0.548 e. The van der Waals surface area contributed by atoms with Crippen molar-refractivity contribution in [3.05, 3.63) is 35.9 Å². The van der Waals surface area contributed by atoms with Gasteiger partial charge in [0.25, 0.3) is 0 Å². The second-order valence-corrected chi connectivity index (χ2v) is 6.71. The molecule has 26 heavy (non-hydrogen) atoms. The first kappa shape index (κ1) is 25.2. The van der Waals surface area contributed by atoms with Gasteiger partial charge in [-0.15, -0.1) is 0 Å². The zero-order valence-corrected chi connectivity index (χ0v) is 18.5. The van der Waals surface area contributed by atoms with Crippen LogP contribution < -0.4 is 40.0 Å². The zero-order chi connectivity index (χ0) is 18.3. The van der Waals surface area contributed by atoms with Gasteiger partial charge in [0.1, 0.15) is 0 Å². The Morgan fingerprint density at radius 1 is 0.923 bits per heavy atom. The third-order valence-electron chi connectivity index (χ3n) is 4.41. The molecule has 1 aromatic carbocycles. The maximum Gasteiger partial charge on any atom is 1.00 e. The summed E-state index contributed by atoms with van der Waals surface area (Å²) in [6, 6.07) is 8.32. The normalized spacial score (nSPS) is 11.4. The molecule has 1 aromatic rings. The number of hydrogen-bond donors (Lipinski definition) is 1. The quantitative estimate of drug-likeness (QED) is 0.381. The van der Waals surface area contributed by atoms with Crippen molar-refractivity contribution >= 4 is 11.9 Å². The van der Waals surface area contributed by atoms with E-state index >= 15 is 0 Å². The van der Waals surface area contributed by atoms with Gasteiger partial charge >= 0.3 is 29.6 Å². The molecule has 4 nitrogen and oxygen atoms in total. The summed E-state index contributed by atoms with van der Waals surface area (Å²) in [6.45, 7) is 2.22. The average molecular weight is 369 g/mol. The fourth-order valence-electron chi connectivity index (χ4n) is 2.91. The van der Waals surface area contributed by atoms with Crippen molar-refractivity contribution in [3.63, 3.8) is 0 Å². The van der Waals surface area contributed by atoms with E-state index in [-0.39, 0.29) is 41.9 Å². The van der Waals surface area contributed by atoms with Crippen LogP contribution in [0.4, 0.5) is 0 Å². The maximum absolute atomic E-state index is 12.0. The fraction of sp³-hybridized carbons (Fsp3) is 0.619. The van der Waals surface area contributed by atoms with Crippen LogP contribution in [0.3, 0.4) is 0 Å². The molecule has 0 saturated heterocycles. The van der Waals surface area contributed by atoms with Gasteiger partial charge in [0.15, 0.2) is 0 Å². The summed E-state index contributed by atoms with van der Waals surface area (Å²) >= 11 is 0. The van der Waals surface area contributed by atoms with E-state index in [1.54, 1.807) is 0 Å². The Labute approximate surface area is 180 Å². The number of rotatable bonds is 14. The van der Waals surface area contributed by atoms with Crippen LogP contribution in [0.15, 0.2) is 30.3 Å². The molecular formula is C21H32NNaO3. The maximum atomic E-state index is 12.0. The summed E-state index contributed by atoms with van der Waals surface area (Å²) in [4.78, 5) is 23.2. The molecule has 0 fully saturated rings. The van der Waals surface area contributed by atoms with Gasteiger partial charge in [-0.05, 0) is 18.4 Å². The number of carboxylic acids is 1. The van der Waals surface area contributed by atoms with Crippen molar-refractivity contribution < 1.29 is 44.3 Å². The van der Waals surface area contributed by atoms with Crippen LogP contribution >= 0.6 is 0 Å². The molecule has 0 heterocycles. The van der Waals surface area contributed by atoms with Gasteiger partial charge in [-0.2, -0.15) is 0 Å². The van der Waals surface area contributed by atoms with E-state index in [2.05, 4.69) is 12.2 Å². The van der Waals surface area contributed by atoms with Crippen LogP contribution in [0.25, 0.3) is 0 Å². The van der Waals surface area contributed by atoms with Crippen LogP contribution in [0, 0.1) is 0 Å². The molecule has 0 aliphatic rings. The van der Waals surface area contributed by atoms with Crippen molar-refractivity contribution in [1.29, 1.82) is 0 Å². The van der Waals surface area contributed by atoms with E-state index in [1.807, 2.05) is 30.3 Å². The number of carboxylic acid groups (broad SMARTS) is 1. The molecule has 1 unspecified atom stereocenters. The van der Waals surface area contributed by atoms with Gasteiger partial charge < -0.3 is 15.2 Å². The van der Waals surface area contributed by atoms with Crippen LogP contribution in [0.5, 0.6) is 0 Å². The van der Waals surface area contributed by atoms with E-state index in [4.69, 9.17) is 0 Å². The number of benzene rings is 1. The molecule has 5 heteroatoms. The van der Waals surface area contributed by atoms with Crippen molar-refractivity contribution in [2.45, 2.75) is 83.6 Å². The number of unbranched alkanes of at least 4 members (excludes halogenated alkanes) is 8. The number of carbonyl (C=O) groups is 2. The average Bonchev–Trinajstić information content (AvgIpc) is 2.60. The summed E-state index contributed by atoms with van der Waals surface area (Å²) in [5, 5.41) is 13.8. The first-order valence-electron chi connectivity index (χ1n) is 9.67. The monoisotopic (exact) mass is 369 g/mol. The van der Waals surface area contributed by atoms with Gasteiger partial charge in [0.05, 0.1) is 12.0 Å². The van der Waals surface area contributed by atoms with Crippen LogP contribution in [0.1, 0.15) is 76.7 Å². The molecule has 0 aliphatic heterocycles. The molecule has 0 aliphatic carbocycles. The molecule has 1 N–H and O–H groups in total. The number of hydrogen-bond acceptors (Lipinski definition) is 3. The van der Waals surface area contributed by atoms with Crippen molar-refractivity contribution in [1.82, 2.24) is 5.32 Å². The Morgan fingerprint density at radius 3 is 2.00 bits per heavy atom. The minimum atomic E-state index is -1.23. The predicted octanol–water partition coefficient (Wildman–Crippen LogP) is 0.389. The van der Waals surface area contributed by atoms with Crippen LogP contribution in [-0.4, -0.2) is 17.9 Å². The molecule has 0 spiro atoms. The molecule has 0 saturated carbocycles. The molecule has 0 aromatic heterocycles. The molecule has 1 amide bonds. The minimum absolute atomic E-state index is 0. The molecule has 1 rings (SSSR count). The first-order valence-corrected chi connectivity index (χ1v) is 9.67. The van der Waals surface area contributed by atoms with Gasteiger partial charge in [-0.1, -0.05) is 88.6 Å². The van der Waals surface area contributed by atoms with Crippen molar-refractivity contribution in [3.8, 4) is 0 Å². The number of carbonyl (C=O) groups excluding carboxylic acids is 2. The Balaban J connectivity index is 0.00000625. The minimum Gasteiger partial charge on any atom is -0.548 e. The first-order chi connectivity index (χ1) is 12.1. The summed E-state index contributed by atoms with van der Waals surface area (Å²) in [5.74, 6) is -1.43. The number of amides is 1. The van der Waals surface area contributed by atoms with E-state index in [0.717, 1.165) is 24.8 Å². The summed E-state index contributed by atoms with van der Waals surface area (Å²) in [6.07, 6.45) is 11.3. The zero-order valence-electron chi connectivity index (χ0n) is 16.5. The number of nitrogens with one attached hydrogen (secondary N) is 1. The third kappa shape index (κ3) is 12.5. The van der Waals surface area contributed by atoms with Crippen molar-refractivity contribution in [2.75, 3.05) is 0 Å². The van der Waals surface area contributed by atoms with Crippen LogP contribution in [-0.2, 0) is 16.0 Å². The summed E-state index contributed by atoms with van der Waals surface area (Å²) < 4.78 is 0. The SMILES string of the molecule is CCCCCCCCCCCC(=O)NC(Cc1ccccc1)C(=O)[O-].[Na+]. The third-order valence-corrected chi connectivity index (χ3v) is 4.41. The van der Waals surface area contributed by atoms with Gasteiger partial charge in [-0.3, -0.25) is 4.79 Å². The predicted molar refractivity (Wildman–Crippen MR) is 98.9 cm³/mol. The Kier molecular flexibility index (Phi) is 15.8. The molecular weight excluding hydrogens is 337 g/mol. The van der Waals surface area contributed by atoms with E-state index in [0.29, 0.717) is 6.42 Å². The largest absolute Gasteiger partial charge is 1.00 e. The molecule has 0 bridgehead atoms. The number of aliphatic carboxylic acids is 1. The standard InChI is InChI=1S/C21H33NO3.Na/c1-2-3-4-5-6-7-8-9-13-16-20(23)22-19(21(24)25)17-18-14-11-10-12-15-18;/h10-12,14-15,19H,2-9,13,16-17H2,1H3,(H,22,23)(H,24,25);/q;+1/p-1. The second kappa shape index (κ2) is 16.3. The summed E-state index contributed by atoms with van der Waals surface area (Å²) in [5.41, 5.74) is 0.875. The van der Waals surface area contributed by atoms with E-state index in [9.17, 15) is 14.7 Å². The molecule has 1 atom stereocenters.